The smallest absolute Gasteiger partial charge is 0.236 e. The van der Waals surface area contributed by atoms with Crippen LogP contribution in [0, 0.1) is 13.8 Å². The quantitative estimate of drug-likeness (QED) is 0.932. The molecule has 0 saturated heterocycles. The Morgan fingerprint density at radius 3 is 2.45 bits per heavy atom. The SMILES string of the molecule is Cc1nc(NC(=O)C2(c3ccccc3)CCC2)sc1C. The van der Waals surface area contributed by atoms with E-state index in [-0.39, 0.29) is 11.3 Å². The molecule has 0 atom stereocenters. The zero-order valence-corrected chi connectivity index (χ0v) is 12.6. The van der Waals surface area contributed by atoms with E-state index in [1.807, 2.05) is 32.0 Å². The van der Waals surface area contributed by atoms with E-state index in [4.69, 9.17) is 0 Å². The van der Waals surface area contributed by atoms with E-state index in [9.17, 15) is 4.79 Å². The highest BCUT2D eigenvalue weighted by Gasteiger charge is 2.45. The van der Waals surface area contributed by atoms with Gasteiger partial charge in [-0.25, -0.2) is 4.98 Å². The number of thiazole rings is 1. The number of carbonyl (C=O) groups is 1. The van der Waals surface area contributed by atoms with Crippen LogP contribution in [0.5, 0.6) is 0 Å². The molecule has 104 valence electrons. The van der Waals surface area contributed by atoms with Crippen molar-refractivity contribution in [2.75, 3.05) is 5.32 Å². The fourth-order valence-electron chi connectivity index (χ4n) is 2.68. The van der Waals surface area contributed by atoms with Gasteiger partial charge in [0.25, 0.3) is 0 Å². The first-order valence-corrected chi connectivity index (χ1v) is 7.74. The van der Waals surface area contributed by atoms with Crippen LogP contribution in [-0.4, -0.2) is 10.9 Å². The summed E-state index contributed by atoms with van der Waals surface area (Å²) in [5, 5.41) is 3.73. The Bertz CT molecular complexity index is 610. The zero-order chi connectivity index (χ0) is 14.2. The number of aryl methyl sites for hydroxylation is 2. The van der Waals surface area contributed by atoms with Gasteiger partial charge in [-0.2, -0.15) is 0 Å². The number of anilines is 1. The van der Waals surface area contributed by atoms with Crippen molar-refractivity contribution in [1.29, 1.82) is 0 Å². The van der Waals surface area contributed by atoms with Crippen LogP contribution >= 0.6 is 11.3 Å². The Labute approximate surface area is 123 Å². The highest BCUT2D eigenvalue weighted by Crippen LogP contribution is 2.44. The summed E-state index contributed by atoms with van der Waals surface area (Å²) in [6.45, 7) is 4.00. The molecule has 1 aliphatic carbocycles. The topological polar surface area (TPSA) is 42.0 Å². The maximum atomic E-state index is 12.7. The van der Waals surface area contributed by atoms with Crippen molar-refractivity contribution >= 4 is 22.4 Å². The first-order chi connectivity index (χ1) is 9.62. The van der Waals surface area contributed by atoms with Gasteiger partial charge in [-0.1, -0.05) is 36.8 Å². The van der Waals surface area contributed by atoms with E-state index >= 15 is 0 Å². The molecule has 1 aromatic heterocycles. The maximum Gasteiger partial charge on any atom is 0.236 e. The van der Waals surface area contributed by atoms with Gasteiger partial charge in [-0.05, 0) is 32.3 Å². The van der Waals surface area contributed by atoms with Gasteiger partial charge in [-0.15, -0.1) is 11.3 Å². The molecule has 0 unspecified atom stereocenters. The van der Waals surface area contributed by atoms with Crippen molar-refractivity contribution in [2.45, 2.75) is 38.5 Å². The van der Waals surface area contributed by atoms with E-state index in [1.54, 1.807) is 11.3 Å². The highest BCUT2D eigenvalue weighted by molar-refractivity contribution is 7.15. The number of benzene rings is 1. The highest BCUT2D eigenvalue weighted by atomic mass is 32.1. The van der Waals surface area contributed by atoms with Gasteiger partial charge >= 0.3 is 0 Å². The number of nitrogens with one attached hydrogen (secondary N) is 1. The van der Waals surface area contributed by atoms with Crippen LogP contribution in [0.25, 0.3) is 0 Å². The van der Waals surface area contributed by atoms with Crippen LogP contribution in [-0.2, 0) is 10.2 Å². The summed E-state index contributed by atoms with van der Waals surface area (Å²) in [4.78, 5) is 18.3. The molecule has 20 heavy (non-hydrogen) atoms. The minimum Gasteiger partial charge on any atom is -0.301 e. The first-order valence-electron chi connectivity index (χ1n) is 6.93. The molecule has 1 heterocycles. The van der Waals surface area contributed by atoms with E-state index in [0.29, 0.717) is 5.13 Å². The van der Waals surface area contributed by atoms with Crippen LogP contribution in [0.2, 0.25) is 0 Å². The lowest BCUT2D eigenvalue weighted by molar-refractivity contribution is -0.124. The van der Waals surface area contributed by atoms with Gasteiger partial charge in [-0.3, -0.25) is 4.79 Å². The van der Waals surface area contributed by atoms with Crippen molar-refractivity contribution < 1.29 is 4.79 Å². The normalized spacial score (nSPS) is 16.5. The van der Waals surface area contributed by atoms with E-state index < -0.39 is 0 Å². The number of aromatic nitrogens is 1. The number of hydrogen-bond acceptors (Lipinski definition) is 3. The summed E-state index contributed by atoms with van der Waals surface area (Å²) in [5.41, 5.74) is 1.76. The molecule has 1 saturated carbocycles. The second kappa shape index (κ2) is 5.02. The molecule has 0 aliphatic heterocycles. The largest absolute Gasteiger partial charge is 0.301 e. The van der Waals surface area contributed by atoms with Crippen LogP contribution in [0.1, 0.15) is 35.4 Å². The Hall–Kier alpha value is -1.68. The number of rotatable bonds is 3. The lowest BCUT2D eigenvalue weighted by Crippen LogP contribution is -2.45. The van der Waals surface area contributed by atoms with Crippen molar-refractivity contribution in [3.05, 3.63) is 46.5 Å². The monoisotopic (exact) mass is 286 g/mol. The third kappa shape index (κ3) is 2.14. The first kappa shape index (κ1) is 13.3. The van der Waals surface area contributed by atoms with Crippen molar-refractivity contribution in [1.82, 2.24) is 4.98 Å². The lowest BCUT2D eigenvalue weighted by atomic mass is 9.64. The molecular weight excluding hydrogens is 268 g/mol. The third-order valence-corrected chi connectivity index (χ3v) is 5.21. The fourth-order valence-corrected chi connectivity index (χ4v) is 3.49. The molecule has 4 heteroatoms. The summed E-state index contributed by atoms with van der Waals surface area (Å²) < 4.78 is 0. The second-order valence-corrected chi connectivity index (χ2v) is 6.62. The maximum absolute atomic E-state index is 12.7. The van der Waals surface area contributed by atoms with Crippen LogP contribution in [0.3, 0.4) is 0 Å². The molecule has 1 aliphatic rings. The minimum atomic E-state index is -0.352. The van der Waals surface area contributed by atoms with Gasteiger partial charge in [0, 0.05) is 4.88 Å². The van der Waals surface area contributed by atoms with Crippen molar-refractivity contribution in [3.63, 3.8) is 0 Å². The molecule has 1 amide bonds. The van der Waals surface area contributed by atoms with Crippen LogP contribution in [0.15, 0.2) is 30.3 Å². The van der Waals surface area contributed by atoms with Gasteiger partial charge in [0.2, 0.25) is 5.91 Å². The minimum absolute atomic E-state index is 0.0868. The lowest BCUT2D eigenvalue weighted by Gasteiger charge is -2.40. The molecule has 3 rings (SSSR count). The zero-order valence-electron chi connectivity index (χ0n) is 11.8. The average molecular weight is 286 g/mol. The predicted molar refractivity (Wildman–Crippen MR) is 82.2 cm³/mol. The van der Waals surface area contributed by atoms with Crippen molar-refractivity contribution in [3.8, 4) is 0 Å². The molecule has 1 N–H and O–H groups in total. The third-order valence-electron chi connectivity index (χ3n) is 4.22. The number of carbonyl (C=O) groups excluding carboxylic acids is 1. The Kier molecular flexibility index (Phi) is 3.34. The molecule has 0 bridgehead atoms. The summed E-state index contributed by atoms with van der Waals surface area (Å²) in [6, 6.07) is 10.1. The molecule has 0 spiro atoms. The molecule has 0 radical (unpaired) electrons. The summed E-state index contributed by atoms with van der Waals surface area (Å²) >= 11 is 1.55. The molecular formula is C16H18N2OS. The van der Waals surface area contributed by atoms with Crippen molar-refractivity contribution in [2.24, 2.45) is 0 Å². The van der Waals surface area contributed by atoms with E-state index in [1.165, 1.54) is 0 Å². The number of nitrogens with zero attached hydrogens (tertiary/aromatic N) is 1. The van der Waals surface area contributed by atoms with Crippen LogP contribution in [0.4, 0.5) is 5.13 Å². The summed E-state index contributed by atoms with van der Waals surface area (Å²) in [7, 11) is 0. The molecule has 1 fully saturated rings. The number of hydrogen-bond donors (Lipinski definition) is 1. The van der Waals surface area contributed by atoms with Crippen LogP contribution < -0.4 is 5.32 Å². The molecule has 1 aromatic carbocycles. The molecule has 2 aromatic rings. The van der Waals surface area contributed by atoms with Gasteiger partial charge < -0.3 is 5.32 Å². The standard InChI is InChI=1S/C16H18N2OS/c1-11-12(2)20-15(17-11)18-14(19)16(9-6-10-16)13-7-4-3-5-8-13/h3-5,7-8H,6,9-10H2,1-2H3,(H,17,18,19). The molecule has 3 nitrogen and oxygen atoms in total. The Morgan fingerprint density at radius 2 is 1.95 bits per heavy atom. The van der Waals surface area contributed by atoms with Gasteiger partial charge in [0.15, 0.2) is 5.13 Å². The Morgan fingerprint density at radius 1 is 1.25 bits per heavy atom. The fraction of sp³-hybridized carbons (Fsp3) is 0.375. The summed E-state index contributed by atoms with van der Waals surface area (Å²) in [5.74, 6) is 0.0868. The Balaban J connectivity index is 1.85. The summed E-state index contributed by atoms with van der Waals surface area (Å²) in [6.07, 6.45) is 2.95. The van der Waals surface area contributed by atoms with E-state index in [0.717, 1.165) is 35.4 Å². The average Bonchev–Trinajstić information content (AvgIpc) is 2.68. The van der Waals surface area contributed by atoms with E-state index in [2.05, 4.69) is 22.4 Å². The second-order valence-electron chi connectivity index (χ2n) is 5.42. The number of amides is 1. The predicted octanol–water partition coefficient (Wildman–Crippen LogP) is 3.82. The van der Waals surface area contributed by atoms with Gasteiger partial charge in [0.05, 0.1) is 11.1 Å². The van der Waals surface area contributed by atoms with Gasteiger partial charge in [0.1, 0.15) is 0 Å².